The minimum Gasteiger partial charge on any atom is -0.495 e. The van der Waals surface area contributed by atoms with Crippen molar-refractivity contribution in [2.45, 2.75) is 18.8 Å². The number of ether oxygens (including phenoxy) is 1. The molecule has 2 aliphatic rings. The lowest BCUT2D eigenvalue weighted by molar-refractivity contribution is 0.0745. The lowest BCUT2D eigenvalue weighted by atomic mass is 10.1. The van der Waals surface area contributed by atoms with Gasteiger partial charge in [-0.3, -0.25) is 4.79 Å². The van der Waals surface area contributed by atoms with Crippen LogP contribution >= 0.6 is 11.3 Å². The van der Waals surface area contributed by atoms with Crippen LogP contribution in [0.5, 0.6) is 5.75 Å². The van der Waals surface area contributed by atoms with Gasteiger partial charge in [0.25, 0.3) is 11.9 Å². The summed E-state index contributed by atoms with van der Waals surface area (Å²) < 4.78 is 7.29. The number of hydrogen-bond donors (Lipinski definition) is 0. The number of hydrogen-bond acceptors (Lipinski definition) is 7. The van der Waals surface area contributed by atoms with E-state index in [0.29, 0.717) is 30.5 Å². The molecule has 4 aromatic rings. The van der Waals surface area contributed by atoms with Crippen LogP contribution in [0.25, 0.3) is 16.5 Å². The largest absolute Gasteiger partial charge is 0.495 e. The third-order valence-electron chi connectivity index (χ3n) is 6.60. The highest BCUT2D eigenvalue weighted by Crippen LogP contribution is 2.42. The molecule has 1 aliphatic heterocycles. The van der Waals surface area contributed by atoms with Crippen LogP contribution in [0.1, 0.15) is 34.8 Å². The number of piperazine rings is 1. The Morgan fingerprint density at radius 2 is 1.89 bits per heavy atom. The van der Waals surface area contributed by atoms with Crippen LogP contribution in [-0.2, 0) is 0 Å². The van der Waals surface area contributed by atoms with Crippen LogP contribution in [-0.4, -0.2) is 63.8 Å². The summed E-state index contributed by atoms with van der Waals surface area (Å²) in [7, 11) is 1.69. The fraction of sp³-hybridized carbons (Fsp3) is 0.308. The number of aromatic nitrogens is 4. The highest BCUT2D eigenvalue weighted by molar-refractivity contribution is 7.13. The first-order valence-electron chi connectivity index (χ1n) is 11.9. The second-order valence-corrected chi connectivity index (χ2v) is 9.75. The van der Waals surface area contributed by atoms with Gasteiger partial charge in [0.2, 0.25) is 0 Å². The maximum Gasteiger partial charge on any atom is 0.257 e. The Balaban J connectivity index is 1.24. The highest BCUT2D eigenvalue weighted by atomic mass is 32.1. The molecule has 1 aliphatic carbocycles. The molecule has 0 unspecified atom stereocenters. The predicted octanol–water partition coefficient (Wildman–Crippen LogP) is 4.24. The van der Waals surface area contributed by atoms with E-state index in [2.05, 4.69) is 21.0 Å². The van der Waals surface area contributed by atoms with Gasteiger partial charge in [-0.05, 0) is 42.5 Å². The molecule has 35 heavy (non-hydrogen) atoms. The van der Waals surface area contributed by atoms with E-state index in [0.717, 1.165) is 53.6 Å². The van der Waals surface area contributed by atoms with E-state index in [1.54, 1.807) is 35.5 Å². The van der Waals surface area contributed by atoms with Crippen LogP contribution < -0.4 is 9.64 Å². The highest BCUT2D eigenvalue weighted by Gasteiger charge is 2.35. The molecule has 2 fully saturated rings. The lowest BCUT2D eigenvalue weighted by Crippen LogP contribution is -2.49. The normalized spacial score (nSPS) is 15.9. The fourth-order valence-corrected chi connectivity index (χ4v) is 5.35. The smallest absolute Gasteiger partial charge is 0.257 e. The van der Waals surface area contributed by atoms with Crippen LogP contribution in [0.15, 0.2) is 60.2 Å². The predicted molar refractivity (Wildman–Crippen MR) is 136 cm³/mol. The fourth-order valence-electron chi connectivity index (χ4n) is 4.66. The SMILES string of the molecule is COc1ccccc1N1CCN(C(=O)c2cnn(-c3nccc(-c4cccs4)n3)c2C2CC2)CC1. The molecule has 0 bridgehead atoms. The molecule has 0 atom stereocenters. The maximum atomic E-state index is 13.6. The van der Waals surface area contributed by atoms with E-state index >= 15 is 0 Å². The van der Waals surface area contributed by atoms with E-state index in [4.69, 9.17) is 9.72 Å². The van der Waals surface area contributed by atoms with E-state index < -0.39 is 0 Å². The number of carbonyl (C=O) groups excluding carboxylic acids is 1. The van der Waals surface area contributed by atoms with E-state index in [1.807, 2.05) is 46.7 Å². The zero-order valence-electron chi connectivity index (χ0n) is 19.5. The van der Waals surface area contributed by atoms with Crippen molar-refractivity contribution in [1.82, 2.24) is 24.6 Å². The minimum atomic E-state index is 0.0345. The monoisotopic (exact) mass is 486 g/mol. The zero-order valence-corrected chi connectivity index (χ0v) is 20.3. The number of benzene rings is 1. The number of amides is 1. The van der Waals surface area contributed by atoms with Gasteiger partial charge >= 0.3 is 0 Å². The zero-order chi connectivity index (χ0) is 23.8. The Hall–Kier alpha value is -3.72. The van der Waals surface area contributed by atoms with Crippen molar-refractivity contribution in [1.29, 1.82) is 0 Å². The van der Waals surface area contributed by atoms with Gasteiger partial charge in [0.1, 0.15) is 5.75 Å². The molecule has 1 saturated heterocycles. The second-order valence-electron chi connectivity index (χ2n) is 8.80. The van der Waals surface area contributed by atoms with Crippen molar-refractivity contribution in [2.24, 2.45) is 0 Å². The van der Waals surface area contributed by atoms with Crippen LogP contribution in [0.3, 0.4) is 0 Å². The summed E-state index contributed by atoms with van der Waals surface area (Å²) in [5, 5.41) is 6.62. The number of para-hydroxylation sites is 2. The Bertz CT molecular complexity index is 1340. The topological polar surface area (TPSA) is 76.4 Å². The maximum absolute atomic E-state index is 13.6. The first-order chi connectivity index (χ1) is 17.2. The molecule has 1 amide bonds. The van der Waals surface area contributed by atoms with Crippen molar-refractivity contribution in [2.75, 3.05) is 38.2 Å². The molecule has 178 valence electrons. The van der Waals surface area contributed by atoms with Crippen molar-refractivity contribution in [3.63, 3.8) is 0 Å². The van der Waals surface area contributed by atoms with Gasteiger partial charge in [-0.25, -0.2) is 14.6 Å². The Labute approximate surface area is 207 Å². The Morgan fingerprint density at radius 1 is 1.06 bits per heavy atom. The lowest BCUT2D eigenvalue weighted by Gasteiger charge is -2.36. The van der Waals surface area contributed by atoms with Crippen LogP contribution in [0.2, 0.25) is 0 Å². The average Bonchev–Trinajstić information content (AvgIpc) is 3.41. The Morgan fingerprint density at radius 3 is 2.63 bits per heavy atom. The van der Waals surface area contributed by atoms with Gasteiger partial charge in [-0.15, -0.1) is 11.3 Å². The van der Waals surface area contributed by atoms with Gasteiger partial charge in [-0.1, -0.05) is 18.2 Å². The summed E-state index contributed by atoms with van der Waals surface area (Å²) in [6, 6.07) is 14.0. The van der Waals surface area contributed by atoms with Crippen molar-refractivity contribution < 1.29 is 9.53 Å². The summed E-state index contributed by atoms with van der Waals surface area (Å²) >= 11 is 1.64. The number of rotatable bonds is 6. The molecule has 3 aromatic heterocycles. The van der Waals surface area contributed by atoms with Gasteiger partial charge < -0.3 is 14.5 Å². The number of nitrogens with zero attached hydrogens (tertiary/aromatic N) is 6. The summed E-state index contributed by atoms with van der Waals surface area (Å²) in [6.07, 6.45) is 5.56. The molecule has 0 spiro atoms. The summed E-state index contributed by atoms with van der Waals surface area (Å²) in [6.45, 7) is 2.81. The standard InChI is InChI=1S/C26H26N6O2S/c1-34-22-6-3-2-5-21(22)30-12-14-31(15-13-30)25(33)19-17-28-32(24(19)18-8-9-18)26-27-11-10-20(29-26)23-7-4-16-35-23/h2-7,10-11,16-18H,8-9,12-15H2,1H3. The molecule has 6 rings (SSSR count). The van der Waals surface area contributed by atoms with E-state index in [9.17, 15) is 4.79 Å². The summed E-state index contributed by atoms with van der Waals surface area (Å²) in [4.78, 5) is 28.1. The number of thiophene rings is 1. The summed E-state index contributed by atoms with van der Waals surface area (Å²) in [5.74, 6) is 1.72. The third-order valence-corrected chi connectivity index (χ3v) is 7.49. The first kappa shape index (κ1) is 21.8. The third kappa shape index (κ3) is 4.16. The van der Waals surface area contributed by atoms with Gasteiger partial charge in [-0.2, -0.15) is 5.10 Å². The minimum absolute atomic E-state index is 0.0345. The average molecular weight is 487 g/mol. The number of anilines is 1. The molecule has 9 heteroatoms. The van der Waals surface area contributed by atoms with Crippen LogP contribution in [0.4, 0.5) is 5.69 Å². The van der Waals surface area contributed by atoms with Crippen LogP contribution in [0, 0.1) is 0 Å². The number of carbonyl (C=O) groups is 1. The molecule has 0 radical (unpaired) electrons. The molecular weight excluding hydrogens is 460 g/mol. The molecule has 1 saturated carbocycles. The van der Waals surface area contributed by atoms with Crippen molar-refractivity contribution in [3.05, 3.63) is 71.5 Å². The van der Waals surface area contributed by atoms with E-state index in [-0.39, 0.29) is 5.91 Å². The Kier molecular flexibility index (Phi) is 5.69. The second kappa shape index (κ2) is 9.14. The molecular formula is C26H26N6O2S. The molecule has 1 aromatic carbocycles. The van der Waals surface area contributed by atoms with E-state index in [1.165, 1.54) is 0 Å². The van der Waals surface area contributed by atoms with Gasteiger partial charge in [0.05, 0.1) is 40.8 Å². The molecule has 8 nitrogen and oxygen atoms in total. The first-order valence-corrected chi connectivity index (χ1v) is 12.7. The molecule has 0 N–H and O–H groups in total. The summed E-state index contributed by atoms with van der Waals surface area (Å²) in [5.41, 5.74) is 3.54. The molecule has 4 heterocycles. The van der Waals surface area contributed by atoms with Crippen molar-refractivity contribution in [3.8, 4) is 22.3 Å². The van der Waals surface area contributed by atoms with Gasteiger partial charge in [0.15, 0.2) is 0 Å². The van der Waals surface area contributed by atoms with Crippen molar-refractivity contribution >= 4 is 22.9 Å². The number of methoxy groups -OCH3 is 1. The van der Waals surface area contributed by atoms with Gasteiger partial charge in [0, 0.05) is 38.3 Å². The quantitative estimate of drug-likeness (QED) is 0.406.